The first kappa shape index (κ1) is 10.6. The van der Waals surface area contributed by atoms with Crippen molar-refractivity contribution in [3.8, 4) is 0 Å². The van der Waals surface area contributed by atoms with Crippen LogP contribution in [0.1, 0.15) is 40.5 Å². The molecular weight excluding hydrogens is 162 g/mol. The van der Waals surface area contributed by atoms with Gasteiger partial charge in [-0.25, -0.2) is 0 Å². The zero-order chi connectivity index (χ0) is 10.1. The number of hydrogen-bond acceptors (Lipinski definition) is 1. The highest BCUT2D eigenvalue weighted by atomic mass is 16.2. The van der Waals surface area contributed by atoms with E-state index in [0.717, 1.165) is 25.9 Å². The lowest BCUT2D eigenvalue weighted by Crippen LogP contribution is -2.34. The van der Waals surface area contributed by atoms with E-state index in [4.69, 9.17) is 0 Å². The SMILES string of the molecule is CCC(C)C(=O)N1CCC(C)(C)C1. The molecule has 1 unspecified atom stereocenters. The number of likely N-dealkylation sites (tertiary alicyclic amines) is 1. The first-order chi connectivity index (χ1) is 5.96. The topological polar surface area (TPSA) is 20.3 Å². The van der Waals surface area contributed by atoms with Crippen LogP contribution in [0, 0.1) is 11.3 Å². The van der Waals surface area contributed by atoms with Crippen LogP contribution in [-0.4, -0.2) is 23.9 Å². The van der Waals surface area contributed by atoms with Crippen molar-refractivity contribution in [3.63, 3.8) is 0 Å². The Balaban J connectivity index is 2.51. The van der Waals surface area contributed by atoms with E-state index < -0.39 is 0 Å². The maximum absolute atomic E-state index is 11.8. The molecule has 2 nitrogen and oxygen atoms in total. The Kier molecular flexibility index (Phi) is 2.99. The molecule has 1 atom stereocenters. The van der Waals surface area contributed by atoms with Crippen molar-refractivity contribution in [1.29, 1.82) is 0 Å². The van der Waals surface area contributed by atoms with Gasteiger partial charge in [0.1, 0.15) is 0 Å². The molecule has 1 aliphatic heterocycles. The second-order valence-corrected chi connectivity index (χ2v) is 4.98. The van der Waals surface area contributed by atoms with E-state index in [-0.39, 0.29) is 5.92 Å². The van der Waals surface area contributed by atoms with Gasteiger partial charge in [-0.05, 0) is 18.3 Å². The first-order valence-corrected chi connectivity index (χ1v) is 5.25. The van der Waals surface area contributed by atoms with E-state index in [1.165, 1.54) is 0 Å². The Hall–Kier alpha value is -0.530. The molecular formula is C11H21NO. The highest BCUT2D eigenvalue weighted by Crippen LogP contribution is 2.29. The molecule has 1 saturated heterocycles. The normalized spacial score (nSPS) is 23.2. The summed E-state index contributed by atoms with van der Waals surface area (Å²) < 4.78 is 0. The van der Waals surface area contributed by atoms with Gasteiger partial charge in [-0.2, -0.15) is 0 Å². The summed E-state index contributed by atoms with van der Waals surface area (Å²) in [6.45, 7) is 10.5. The fraction of sp³-hybridized carbons (Fsp3) is 0.909. The second-order valence-electron chi connectivity index (χ2n) is 4.98. The smallest absolute Gasteiger partial charge is 0.225 e. The molecule has 1 aliphatic rings. The summed E-state index contributed by atoms with van der Waals surface area (Å²) in [5.74, 6) is 0.543. The minimum Gasteiger partial charge on any atom is -0.342 e. The third-order valence-corrected chi connectivity index (χ3v) is 3.02. The van der Waals surface area contributed by atoms with Crippen LogP contribution in [0.4, 0.5) is 0 Å². The zero-order valence-electron chi connectivity index (χ0n) is 9.26. The lowest BCUT2D eigenvalue weighted by Gasteiger charge is -2.22. The van der Waals surface area contributed by atoms with Crippen molar-refractivity contribution >= 4 is 5.91 Å². The molecule has 1 rings (SSSR count). The van der Waals surface area contributed by atoms with E-state index in [0.29, 0.717) is 11.3 Å². The average Bonchev–Trinajstić information content (AvgIpc) is 2.43. The minimum atomic E-state index is 0.203. The Labute approximate surface area is 81.3 Å². The summed E-state index contributed by atoms with van der Waals surface area (Å²) >= 11 is 0. The molecule has 76 valence electrons. The van der Waals surface area contributed by atoms with Gasteiger partial charge in [0.2, 0.25) is 5.91 Å². The molecule has 0 aromatic rings. The number of carbonyl (C=O) groups is 1. The standard InChI is InChI=1S/C11H21NO/c1-5-9(2)10(13)12-7-6-11(3,4)8-12/h9H,5-8H2,1-4H3. The van der Waals surface area contributed by atoms with Crippen LogP contribution in [0.5, 0.6) is 0 Å². The highest BCUT2D eigenvalue weighted by molar-refractivity contribution is 5.78. The minimum absolute atomic E-state index is 0.203. The van der Waals surface area contributed by atoms with Crippen molar-refractivity contribution in [2.45, 2.75) is 40.5 Å². The van der Waals surface area contributed by atoms with Crippen molar-refractivity contribution in [1.82, 2.24) is 4.90 Å². The fourth-order valence-electron chi connectivity index (χ4n) is 1.79. The maximum Gasteiger partial charge on any atom is 0.225 e. The Bertz CT molecular complexity index is 198. The number of nitrogens with zero attached hydrogens (tertiary/aromatic N) is 1. The van der Waals surface area contributed by atoms with Crippen LogP contribution >= 0.6 is 0 Å². The van der Waals surface area contributed by atoms with Crippen LogP contribution in [0.15, 0.2) is 0 Å². The van der Waals surface area contributed by atoms with Crippen LogP contribution in [0.25, 0.3) is 0 Å². The predicted octanol–water partition coefficient (Wildman–Crippen LogP) is 2.29. The molecule has 13 heavy (non-hydrogen) atoms. The summed E-state index contributed by atoms with van der Waals surface area (Å²) in [4.78, 5) is 13.8. The highest BCUT2D eigenvalue weighted by Gasteiger charge is 2.33. The molecule has 1 heterocycles. The predicted molar refractivity (Wildman–Crippen MR) is 54.4 cm³/mol. The molecule has 0 saturated carbocycles. The van der Waals surface area contributed by atoms with E-state index in [9.17, 15) is 4.79 Å². The second kappa shape index (κ2) is 3.69. The summed E-state index contributed by atoms with van der Waals surface area (Å²) in [5.41, 5.74) is 0.336. The molecule has 0 aliphatic carbocycles. The lowest BCUT2D eigenvalue weighted by molar-refractivity contribution is -0.134. The van der Waals surface area contributed by atoms with Gasteiger partial charge in [0.15, 0.2) is 0 Å². The van der Waals surface area contributed by atoms with Crippen LogP contribution in [0.3, 0.4) is 0 Å². The van der Waals surface area contributed by atoms with Crippen molar-refractivity contribution < 1.29 is 4.79 Å². The summed E-state index contributed by atoms with van der Waals surface area (Å²) in [7, 11) is 0. The van der Waals surface area contributed by atoms with Crippen LogP contribution < -0.4 is 0 Å². The van der Waals surface area contributed by atoms with Gasteiger partial charge in [-0.3, -0.25) is 4.79 Å². The molecule has 0 radical (unpaired) electrons. The van der Waals surface area contributed by atoms with E-state index >= 15 is 0 Å². The summed E-state index contributed by atoms with van der Waals surface area (Å²) in [6, 6.07) is 0. The molecule has 1 amide bonds. The lowest BCUT2D eigenvalue weighted by atomic mass is 9.93. The van der Waals surface area contributed by atoms with Crippen LogP contribution in [0.2, 0.25) is 0 Å². The Morgan fingerprint density at radius 3 is 2.54 bits per heavy atom. The number of carbonyl (C=O) groups excluding carboxylic acids is 1. The van der Waals surface area contributed by atoms with E-state index in [2.05, 4.69) is 20.8 Å². The largest absolute Gasteiger partial charge is 0.342 e. The van der Waals surface area contributed by atoms with Crippen molar-refractivity contribution in [2.24, 2.45) is 11.3 Å². The molecule has 0 spiro atoms. The van der Waals surface area contributed by atoms with Gasteiger partial charge in [0, 0.05) is 19.0 Å². The van der Waals surface area contributed by atoms with Crippen molar-refractivity contribution in [3.05, 3.63) is 0 Å². The average molecular weight is 183 g/mol. The third kappa shape index (κ3) is 2.45. The van der Waals surface area contributed by atoms with E-state index in [1.54, 1.807) is 0 Å². The Morgan fingerprint density at radius 2 is 2.15 bits per heavy atom. The quantitative estimate of drug-likeness (QED) is 0.643. The summed E-state index contributed by atoms with van der Waals surface area (Å²) in [6.07, 6.45) is 2.10. The van der Waals surface area contributed by atoms with Gasteiger partial charge < -0.3 is 4.90 Å². The Morgan fingerprint density at radius 1 is 1.54 bits per heavy atom. The number of hydrogen-bond donors (Lipinski definition) is 0. The monoisotopic (exact) mass is 183 g/mol. The molecule has 0 N–H and O–H groups in total. The molecule has 0 aromatic heterocycles. The van der Waals surface area contributed by atoms with Gasteiger partial charge in [0.05, 0.1) is 0 Å². The van der Waals surface area contributed by atoms with Gasteiger partial charge in [-0.15, -0.1) is 0 Å². The zero-order valence-corrected chi connectivity index (χ0v) is 9.26. The van der Waals surface area contributed by atoms with E-state index in [1.807, 2.05) is 11.8 Å². The molecule has 0 bridgehead atoms. The summed E-state index contributed by atoms with van der Waals surface area (Å²) in [5, 5.41) is 0. The van der Waals surface area contributed by atoms with Gasteiger partial charge >= 0.3 is 0 Å². The van der Waals surface area contributed by atoms with Crippen LogP contribution in [-0.2, 0) is 4.79 Å². The molecule has 2 heteroatoms. The van der Waals surface area contributed by atoms with Crippen molar-refractivity contribution in [2.75, 3.05) is 13.1 Å². The number of rotatable bonds is 2. The number of amides is 1. The van der Waals surface area contributed by atoms with Gasteiger partial charge in [-0.1, -0.05) is 27.7 Å². The first-order valence-electron chi connectivity index (χ1n) is 5.25. The molecule has 0 aromatic carbocycles. The fourth-order valence-corrected chi connectivity index (χ4v) is 1.79. The molecule has 1 fully saturated rings. The maximum atomic E-state index is 11.8. The van der Waals surface area contributed by atoms with Gasteiger partial charge in [0.25, 0.3) is 0 Å². The third-order valence-electron chi connectivity index (χ3n) is 3.02.